The number of anilines is 3. The third kappa shape index (κ3) is 6.52. The molecule has 0 fully saturated rings. The SMILES string of the molecule is COC(C)(CCCC(C)=CCN1C(=O)c2cccc(O)c2Nc2c(O)cc(O)cc21)CCCC(C)C. The van der Waals surface area contributed by atoms with E-state index in [1.807, 2.05) is 13.0 Å². The monoisotopic (exact) mass is 496 g/mol. The van der Waals surface area contributed by atoms with Crippen molar-refractivity contribution in [1.29, 1.82) is 0 Å². The van der Waals surface area contributed by atoms with Crippen LogP contribution in [0.15, 0.2) is 42.0 Å². The maximum atomic E-state index is 13.5. The molecule has 1 unspecified atom stereocenters. The zero-order valence-electron chi connectivity index (χ0n) is 22.1. The van der Waals surface area contributed by atoms with E-state index in [0.717, 1.165) is 37.7 Å². The molecule has 1 aliphatic heterocycles. The summed E-state index contributed by atoms with van der Waals surface area (Å²) in [6, 6.07) is 7.35. The highest BCUT2D eigenvalue weighted by Crippen LogP contribution is 2.45. The van der Waals surface area contributed by atoms with Crippen molar-refractivity contribution in [1.82, 2.24) is 0 Å². The van der Waals surface area contributed by atoms with Crippen LogP contribution >= 0.6 is 0 Å². The molecule has 0 bridgehead atoms. The van der Waals surface area contributed by atoms with Gasteiger partial charge in [-0.25, -0.2) is 0 Å². The Morgan fingerprint density at radius 3 is 2.53 bits per heavy atom. The molecule has 7 heteroatoms. The van der Waals surface area contributed by atoms with Gasteiger partial charge in [0, 0.05) is 25.8 Å². The number of fused-ring (bicyclic) bond motifs is 2. The first-order valence-corrected chi connectivity index (χ1v) is 12.7. The number of allylic oxidation sites excluding steroid dienone is 1. The van der Waals surface area contributed by atoms with Crippen molar-refractivity contribution in [3.8, 4) is 17.2 Å². The van der Waals surface area contributed by atoms with Crippen molar-refractivity contribution in [3.63, 3.8) is 0 Å². The number of hydrogen-bond donors (Lipinski definition) is 4. The van der Waals surface area contributed by atoms with Gasteiger partial charge in [-0.15, -0.1) is 0 Å². The predicted octanol–water partition coefficient (Wildman–Crippen LogP) is 6.86. The van der Waals surface area contributed by atoms with E-state index in [9.17, 15) is 20.1 Å². The number of rotatable bonds is 11. The fourth-order valence-electron chi connectivity index (χ4n) is 4.65. The Labute approximate surface area is 214 Å². The second-order valence-corrected chi connectivity index (χ2v) is 10.4. The first-order valence-electron chi connectivity index (χ1n) is 12.7. The van der Waals surface area contributed by atoms with Gasteiger partial charge in [-0.1, -0.05) is 44.4 Å². The van der Waals surface area contributed by atoms with Gasteiger partial charge in [0.1, 0.15) is 22.9 Å². The normalized spacial score (nSPS) is 15.2. The number of amides is 1. The highest BCUT2D eigenvalue weighted by molar-refractivity contribution is 6.15. The molecule has 0 radical (unpaired) electrons. The van der Waals surface area contributed by atoms with E-state index in [1.165, 1.54) is 29.5 Å². The second-order valence-electron chi connectivity index (χ2n) is 10.4. The molecule has 0 aliphatic carbocycles. The van der Waals surface area contributed by atoms with Crippen molar-refractivity contribution in [2.45, 2.75) is 71.8 Å². The Balaban J connectivity index is 1.75. The molecule has 0 saturated heterocycles. The summed E-state index contributed by atoms with van der Waals surface area (Å²) in [5.74, 6) is -0.104. The largest absolute Gasteiger partial charge is 0.508 e. The number of ether oxygens (including phenoxy) is 1. The number of phenolic OH excluding ortho intramolecular Hbond substituents is 3. The Morgan fingerprint density at radius 1 is 1.11 bits per heavy atom. The lowest BCUT2D eigenvalue weighted by atomic mass is 9.90. The van der Waals surface area contributed by atoms with Crippen LogP contribution in [0.25, 0.3) is 0 Å². The van der Waals surface area contributed by atoms with E-state index in [-0.39, 0.29) is 52.2 Å². The average Bonchev–Trinajstić information content (AvgIpc) is 2.93. The van der Waals surface area contributed by atoms with Crippen LogP contribution < -0.4 is 10.2 Å². The van der Waals surface area contributed by atoms with Crippen LogP contribution in [-0.4, -0.2) is 40.5 Å². The molecule has 1 heterocycles. The minimum atomic E-state index is -0.335. The number of carbonyl (C=O) groups excluding carboxylic acids is 1. The summed E-state index contributed by atoms with van der Waals surface area (Å²) in [5.41, 5.74) is 2.11. The van der Waals surface area contributed by atoms with Crippen molar-refractivity contribution in [2.75, 3.05) is 23.9 Å². The van der Waals surface area contributed by atoms with Crippen LogP contribution in [0.4, 0.5) is 17.1 Å². The maximum Gasteiger partial charge on any atom is 0.260 e. The van der Waals surface area contributed by atoms with Crippen LogP contribution in [0.1, 0.15) is 76.6 Å². The second kappa shape index (κ2) is 11.7. The van der Waals surface area contributed by atoms with Crippen molar-refractivity contribution < 1.29 is 24.9 Å². The van der Waals surface area contributed by atoms with Gasteiger partial charge in [0.15, 0.2) is 0 Å². The van der Waals surface area contributed by atoms with E-state index in [2.05, 4.69) is 26.1 Å². The van der Waals surface area contributed by atoms with Crippen LogP contribution in [0.3, 0.4) is 0 Å². The van der Waals surface area contributed by atoms with Gasteiger partial charge in [-0.3, -0.25) is 4.79 Å². The van der Waals surface area contributed by atoms with Crippen LogP contribution in [0, 0.1) is 5.92 Å². The molecule has 4 N–H and O–H groups in total. The first kappa shape index (κ1) is 27.4. The van der Waals surface area contributed by atoms with E-state index in [4.69, 9.17) is 4.74 Å². The molecule has 0 aromatic heterocycles. The number of phenols is 3. The number of methoxy groups -OCH3 is 1. The Morgan fingerprint density at radius 2 is 1.83 bits per heavy atom. The summed E-state index contributed by atoms with van der Waals surface area (Å²) < 4.78 is 5.84. The zero-order valence-corrected chi connectivity index (χ0v) is 22.1. The van der Waals surface area contributed by atoms with Gasteiger partial charge in [0.2, 0.25) is 0 Å². The molecule has 1 atom stereocenters. The molecule has 0 saturated carbocycles. The summed E-state index contributed by atoms with van der Waals surface area (Å²) in [6.07, 6.45) is 8.19. The standard InChI is InChI=1S/C29H40N2O5/c1-19(2)9-7-14-29(4,36-5)15-8-10-20(3)13-16-31-23-17-21(32)18-25(34)27(23)30-26-22(28(31)35)11-6-12-24(26)33/h6,11-13,17-19,30,32-34H,7-10,14-16H2,1-5H3. The molecule has 1 aliphatic rings. The quantitative estimate of drug-likeness (QED) is 0.154. The summed E-state index contributed by atoms with van der Waals surface area (Å²) in [7, 11) is 1.79. The molecular weight excluding hydrogens is 456 g/mol. The molecule has 1 amide bonds. The predicted molar refractivity (Wildman–Crippen MR) is 145 cm³/mol. The average molecular weight is 497 g/mol. The van der Waals surface area contributed by atoms with Crippen molar-refractivity contribution in [2.24, 2.45) is 5.92 Å². The van der Waals surface area contributed by atoms with Gasteiger partial charge < -0.3 is 30.3 Å². The number of nitrogens with one attached hydrogen (secondary N) is 1. The highest BCUT2D eigenvalue weighted by Gasteiger charge is 2.30. The number of carbonyl (C=O) groups is 1. The topological polar surface area (TPSA) is 102 Å². The molecule has 3 rings (SSSR count). The van der Waals surface area contributed by atoms with Gasteiger partial charge in [0.25, 0.3) is 5.91 Å². The number of para-hydroxylation sites is 1. The zero-order chi connectivity index (χ0) is 26.5. The fourth-order valence-corrected chi connectivity index (χ4v) is 4.65. The van der Waals surface area contributed by atoms with Crippen LogP contribution in [0.2, 0.25) is 0 Å². The van der Waals surface area contributed by atoms with Crippen LogP contribution in [0.5, 0.6) is 17.2 Å². The molecule has 2 aromatic carbocycles. The van der Waals surface area contributed by atoms with E-state index in [1.54, 1.807) is 19.2 Å². The Hall–Kier alpha value is -3.19. The Bertz CT molecular complexity index is 1110. The van der Waals surface area contributed by atoms with Crippen molar-refractivity contribution in [3.05, 3.63) is 47.5 Å². The summed E-state index contributed by atoms with van der Waals surface area (Å²) in [5, 5.41) is 34.0. The molecule has 2 aromatic rings. The van der Waals surface area contributed by atoms with E-state index < -0.39 is 0 Å². The van der Waals surface area contributed by atoms with Crippen LogP contribution in [-0.2, 0) is 4.74 Å². The number of hydrogen-bond acceptors (Lipinski definition) is 6. The lowest BCUT2D eigenvalue weighted by molar-refractivity contribution is -0.0120. The lowest BCUT2D eigenvalue weighted by Gasteiger charge is -2.28. The molecule has 36 heavy (non-hydrogen) atoms. The first-order chi connectivity index (χ1) is 17.0. The third-order valence-electron chi connectivity index (χ3n) is 7.02. The van der Waals surface area contributed by atoms with Crippen molar-refractivity contribution >= 4 is 23.0 Å². The number of benzene rings is 2. The third-order valence-corrected chi connectivity index (χ3v) is 7.02. The Kier molecular flexibility index (Phi) is 8.90. The van der Waals surface area contributed by atoms with Gasteiger partial charge in [0.05, 0.1) is 22.5 Å². The van der Waals surface area contributed by atoms with Gasteiger partial charge in [-0.05, 0) is 57.6 Å². The smallest absolute Gasteiger partial charge is 0.260 e. The summed E-state index contributed by atoms with van der Waals surface area (Å²) >= 11 is 0. The maximum absolute atomic E-state index is 13.5. The molecule has 196 valence electrons. The molecular formula is C29H40N2O5. The number of aromatic hydroxyl groups is 3. The fraction of sp³-hybridized carbons (Fsp3) is 0.483. The van der Waals surface area contributed by atoms with Gasteiger partial charge in [-0.2, -0.15) is 0 Å². The van der Waals surface area contributed by atoms with Gasteiger partial charge >= 0.3 is 0 Å². The summed E-state index contributed by atoms with van der Waals surface area (Å²) in [4.78, 5) is 15.0. The summed E-state index contributed by atoms with van der Waals surface area (Å²) in [6.45, 7) is 8.97. The van der Waals surface area contributed by atoms with E-state index >= 15 is 0 Å². The number of nitrogens with zero attached hydrogens (tertiary/aromatic N) is 1. The molecule has 0 spiro atoms. The minimum Gasteiger partial charge on any atom is -0.508 e. The highest BCUT2D eigenvalue weighted by atomic mass is 16.5. The van der Waals surface area contributed by atoms with E-state index in [0.29, 0.717) is 11.6 Å². The minimum absolute atomic E-state index is 0.0950. The molecule has 7 nitrogen and oxygen atoms in total. The lowest BCUT2D eigenvalue weighted by Crippen LogP contribution is -2.30.